The first-order valence-corrected chi connectivity index (χ1v) is 7.65. The van der Waals surface area contributed by atoms with Gasteiger partial charge in [0.25, 0.3) is 0 Å². The van der Waals surface area contributed by atoms with Crippen LogP contribution < -0.4 is 0 Å². The van der Waals surface area contributed by atoms with Gasteiger partial charge in [0.1, 0.15) is 12.2 Å². The lowest BCUT2D eigenvalue weighted by atomic mass is 9.63. The molecule has 114 valence electrons. The summed E-state index contributed by atoms with van der Waals surface area (Å²) in [5, 5.41) is 0. The molecule has 0 aromatic rings. The van der Waals surface area contributed by atoms with Gasteiger partial charge in [0.05, 0.1) is 0 Å². The summed E-state index contributed by atoms with van der Waals surface area (Å²) >= 11 is 0. The molecule has 0 spiro atoms. The van der Waals surface area contributed by atoms with Crippen LogP contribution in [-0.4, -0.2) is 24.1 Å². The Balaban J connectivity index is 1.96. The Bertz CT molecular complexity index is 557. The zero-order chi connectivity index (χ0) is 15.3. The molecular weight excluding hydrogens is 268 g/mol. The van der Waals surface area contributed by atoms with Gasteiger partial charge >= 0.3 is 11.9 Å². The molecule has 4 nitrogen and oxygen atoms in total. The third kappa shape index (κ3) is 2.30. The van der Waals surface area contributed by atoms with Crippen LogP contribution in [0, 0.1) is 17.8 Å². The van der Waals surface area contributed by atoms with Crippen LogP contribution in [0.4, 0.5) is 0 Å². The molecule has 0 bridgehead atoms. The molecule has 5 unspecified atom stereocenters. The number of ether oxygens (including phenoxy) is 2. The predicted octanol–water partition coefficient (Wildman–Crippen LogP) is 2.78. The summed E-state index contributed by atoms with van der Waals surface area (Å²) in [5.74, 6) is 0.703. The van der Waals surface area contributed by atoms with Gasteiger partial charge in [0.15, 0.2) is 0 Å². The molecule has 0 saturated heterocycles. The van der Waals surface area contributed by atoms with Crippen molar-refractivity contribution in [3.63, 3.8) is 0 Å². The van der Waals surface area contributed by atoms with E-state index in [2.05, 4.69) is 13.0 Å². The minimum Gasteiger partial charge on any atom is -0.458 e. The lowest BCUT2D eigenvalue weighted by molar-refractivity contribution is -0.147. The Kier molecular flexibility index (Phi) is 3.42. The van der Waals surface area contributed by atoms with E-state index < -0.39 is 0 Å². The highest BCUT2D eigenvalue weighted by Crippen LogP contribution is 2.49. The van der Waals surface area contributed by atoms with Crippen LogP contribution in [0.15, 0.2) is 22.8 Å². The predicted molar refractivity (Wildman–Crippen MR) is 77.3 cm³/mol. The minimum atomic E-state index is -0.234. The van der Waals surface area contributed by atoms with Crippen molar-refractivity contribution in [2.24, 2.45) is 17.8 Å². The normalized spacial score (nSPS) is 38.4. The summed E-state index contributed by atoms with van der Waals surface area (Å²) in [6.45, 7) is 7.53. The van der Waals surface area contributed by atoms with Crippen LogP contribution in [-0.2, 0) is 19.1 Å². The fourth-order valence-electron chi connectivity index (χ4n) is 4.13. The molecule has 0 amide bonds. The van der Waals surface area contributed by atoms with Crippen molar-refractivity contribution in [2.45, 2.75) is 52.7 Å². The quantitative estimate of drug-likeness (QED) is 0.550. The van der Waals surface area contributed by atoms with Gasteiger partial charge in [-0.15, -0.1) is 0 Å². The fraction of sp³-hybridized carbons (Fsp3) is 0.647. The van der Waals surface area contributed by atoms with Crippen LogP contribution in [0.25, 0.3) is 0 Å². The number of esters is 2. The van der Waals surface area contributed by atoms with Gasteiger partial charge in [-0.05, 0) is 49.7 Å². The van der Waals surface area contributed by atoms with Crippen LogP contribution in [0.5, 0.6) is 0 Å². The zero-order valence-electron chi connectivity index (χ0n) is 13.0. The summed E-state index contributed by atoms with van der Waals surface area (Å²) in [4.78, 5) is 23.1. The lowest BCUT2D eigenvalue weighted by Crippen LogP contribution is -2.40. The monoisotopic (exact) mass is 290 g/mol. The van der Waals surface area contributed by atoms with Crippen LogP contribution in [0.1, 0.15) is 40.5 Å². The third-order valence-electron chi connectivity index (χ3n) is 5.22. The Morgan fingerprint density at radius 3 is 2.71 bits per heavy atom. The molecular formula is C17H22O4. The number of fused-ring (bicyclic) bond motifs is 3. The van der Waals surface area contributed by atoms with E-state index in [0.717, 1.165) is 29.6 Å². The summed E-state index contributed by atoms with van der Waals surface area (Å²) < 4.78 is 10.9. The average molecular weight is 290 g/mol. The molecule has 0 N–H and O–H groups in total. The maximum absolute atomic E-state index is 11.8. The van der Waals surface area contributed by atoms with Crippen LogP contribution >= 0.6 is 0 Å². The molecule has 1 aliphatic heterocycles. The molecule has 5 atom stereocenters. The Labute approximate surface area is 125 Å². The smallest absolute Gasteiger partial charge is 0.334 e. The van der Waals surface area contributed by atoms with Crippen molar-refractivity contribution in [1.29, 1.82) is 0 Å². The summed E-state index contributed by atoms with van der Waals surface area (Å²) in [6.07, 6.45) is 3.72. The Hall–Kier alpha value is -1.58. The number of carbonyl (C=O) groups is 2. The topological polar surface area (TPSA) is 52.6 Å². The Morgan fingerprint density at radius 1 is 1.33 bits per heavy atom. The van der Waals surface area contributed by atoms with Crippen LogP contribution in [0.3, 0.4) is 0 Å². The fourth-order valence-corrected chi connectivity index (χ4v) is 4.13. The standard InChI is InChI=1S/C17H22O4/c1-8-6-15-16(10(3)17(19)21-15)13-5-9(2)14(7-12(8)13)20-11(4)18/h5,8,12-15H,6-7H2,1-4H3. The van der Waals surface area contributed by atoms with Crippen molar-refractivity contribution in [1.82, 2.24) is 0 Å². The molecule has 0 radical (unpaired) electrons. The van der Waals surface area contributed by atoms with Gasteiger partial charge in [-0.2, -0.15) is 0 Å². The third-order valence-corrected chi connectivity index (χ3v) is 5.22. The molecule has 1 fully saturated rings. The van der Waals surface area contributed by atoms with E-state index in [1.165, 1.54) is 6.92 Å². The van der Waals surface area contributed by atoms with Gasteiger partial charge in [-0.3, -0.25) is 4.79 Å². The molecule has 3 rings (SSSR count). The van der Waals surface area contributed by atoms with E-state index in [1.807, 2.05) is 13.8 Å². The molecule has 0 aromatic carbocycles. The zero-order valence-corrected chi connectivity index (χ0v) is 13.0. The second-order valence-corrected chi connectivity index (χ2v) is 6.62. The van der Waals surface area contributed by atoms with Gasteiger partial charge in [-0.1, -0.05) is 13.0 Å². The van der Waals surface area contributed by atoms with E-state index in [4.69, 9.17) is 9.47 Å². The molecule has 1 heterocycles. The minimum absolute atomic E-state index is 0.0527. The van der Waals surface area contributed by atoms with Gasteiger partial charge in [0, 0.05) is 18.4 Å². The largest absolute Gasteiger partial charge is 0.458 e. The molecule has 1 saturated carbocycles. The second-order valence-electron chi connectivity index (χ2n) is 6.62. The SMILES string of the molecule is CC(=O)OC1CC2C(C)CC3OC(=O)C(C)=C3C2C=C1C. The number of allylic oxidation sites excluding steroid dienone is 1. The average Bonchev–Trinajstić information content (AvgIpc) is 2.66. The van der Waals surface area contributed by atoms with E-state index >= 15 is 0 Å². The van der Waals surface area contributed by atoms with Crippen molar-refractivity contribution in [2.75, 3.05) is 0 Å². The van der Waals surface area contributed by atoms with E-state index in [9.17, 15) is 9.59 Å². The van der Waals surface area contributed by atoms with Crippen molar-refractivity contribution in [3.05, 3.63) is 22.8 Å². The molecule has 3 aliphatic rings. The number of hydrogen-bond donors (Lipinski definition) is 0. The van der Waals surface area contributed by atoms with Gasteiger partial charge in [0.2, 0.25) is 0 Å². The maximum atomic E-state index is 11.8. The molecule has 0 aromatic heterocycles. The highest BCUT2D eigenvalue weighted by molar-refractivity contribution is 5.92. The molecule has 21 heavy (non-hydrogen) atoms. The van der Waals surface area contributed by atoms with Crippen molar-refractivity contribution >= 4 is 11.9 Å². The molecule has 4 heteroatoms. The summed E-state index contributed by atoms with van der Waals surface area (Å²) in [6, 6.07) is 0. The highest BCUT2D eigenvalue weighted by atomic mass is 16.6. The highest BCUT2D eigenvalue weighted by Gasteiger charge is 2.47. The van der Waals surface area contributed by atoms with Crippen molar-refractivity contribution in [3.8, 4) is 0 Å². The number of carbonyl (C=O) groups excluding carboxylic acids is 2. The van der Waals surface area contributed by atoms with Gasteiger partial charge in [-0.25, -0.2) is 4.79 Å². The lowest BCUT2D eigenvalue weighted by Gasteiger charge is -2.43. The van der Waals surface area contributed by atoms with E-state index in [1.54, 1.807) is 0 Å². The van der Waals surface area contributed by atoms with E-state index in [0.29, 0.717) is 11.8 Å². The van der Waals surface area contributed by atoms with Gasteiger partial charge < -0.3 is 9.47 Å². The maximum Gasteiger partial charge on any atom is 0.334 e. The first-order chi connectivity index (χ1) is 9.88. The van der Waals surface area contributed by atoms with Crippen molar-refractivity contribution < 1.29 is 19.1 Å². The first-order valence-electron chi connectivity index (χ1n) is 7.65. The summed E-state index contributed by atoms with van der Waals surface area (Å²) in [7, 11) is 0. The second kappa shape index (κ2) is 5.00. The molecule has 2 aliphatic carbocycles. The number of rotatable bonds is 1. The Morgan fingerprint density at radius 2 is 2.05 bits per heavy atom. The number of hydrogen-bond acceptors (Lipinski definition) is 4. The van der Waals surface area contributed by atoms with E-state index in [-0.39, 0.29) is 30.1 Å². The van der Waals surface area contributed by atoms with Crippen LogP contribution in [0.2, 0.25) is 0 Å². The summed E-state index contributed by atoms with van der Waals surface area (Å²) in [5.41, 5.74) is 3.01. The first kappa shape index (κ1) is 14.4.